The Morgan fingerprint density at radius 2 is 1.80 bits per heavy atom. The minimum absolute atomic E-state index is 0.408. The van der Waals surface area contributed by atoms with Crippen LogP contribution in [0.25, 0.3) is 11.3 Å². The van der Waals surface area contributed by atoms with E-state index in [1.54, 1.807) is 18.2 Å². The fourth-order valence-electron chi connectivity index (χ4n) is 1.34. The van der Waals surface area contributed by atoms with Crippen molar-refractivity contribution in [2.45, 2.75) is 0 Å². The summed E-state index contributed by atoms with van der Waals surface area (Å²) in [6.07, 6.45) is 2.75. The Labute approximate surface area is 86.0 Å². The average Bonchev–Trinajstić information content (AvgIpc) is 2.81. The smallest absolute Gasteiger partial charge is 0.181 e. The molecule has 1 aromatic carbocycles. The van der Waals surface area contributed by atoms with Crippen molar-refractivity contribution in [3.8, 4) is 23.5 Å². The van der Waals surface area contributed by atoms with Crippen LogP contribution in [0.4, 0.5) is 0 Å². The molecular formula is C11H5N3O. The quantitative estimate of drug-likeness (QED) is 0.698. The maximum atomic E-state index is 8.92. The molecule has 0 radical (unpaired) electrons. The first kappa shape index (κ1) is 8.98. The lowest BCUT2D eigenvalue weighted by Crippen LogP contribution is -1.87. The van der Waals surface area contributed by atoms with Crippen LogP contribution in [0.15, 0.2) is 35.2 Å². The van der Waals surface area contributed by atoms with E-state index in [-0.39, 0.29) is 0 Å². The number of rotatable bonds is 1. The van der Waals surface area contributed by atoms with Gasteiger partial charge in [0.15, 0.2) is 12.2 Å². The molecule has 0 saturated carbocycles. The number of oxazole rings is 1. The molecule has 70 valence electrons. The van der Waals surface area contributed by atoms with Crippen LogP contribution in [0.2, 0.25) is 0 Å². The molecule has 0 aliphatic carbocycles. The Morgan fingerprint density at radius 3 is 2.27 bits per heavy atom. The van der Waals surface area contributed by atoms with Crippen molar-refractivity contribution < 1.29 is 4.42 Å². The summed E-state index contributed by atoms with van der Waals surface area (Å²) in [5.41, 5.74) is 1.32. The topological polar surface area (TPSA) is 73.6 Å². The van der Waals surface area contributed by atoms with Crippen LogP contribution in [0.3, 0.4) is 0 Å². The van der Waals surface area contributed by atoms with E-state index in [2.05, 4.69) is 4.98 Å². The van der Waals surface area contributed by atoms with Gasteiger partial charge in [0, 0.05) is 0 Å². The van der Waals surface area contributed by atoms with Gasteiger partial charge >= 0.3 is 0 Å². The van der Waals surface area contributed by atoms with Crippen molar-refractivity contribution in [2.75, 3.05) is 0 Å². The number of hydrogen-bond acceptors (Lipinski definition) is 4. The van der Waals surface area contributed by atoms with Crippen LogP contribution >= 0.6 is 0 Å². The summed E-state index contributed by atoms with van der Waals surface area (Å²) in [6, 6.07) is 8.98. The number of nitriles is 2. The summed E-state index contributed by atoms with van der Waals surface area (Å²) in [4.78, 5) is 3.76. The van der Waals surface area contributed by atoms with Crippen molar-refractivity contribution >= 4 is 0 Å². The summed E-state index contributed by atoms with van der Waals surface area (Å²) >= 11 is 0. The Hall–Kier alpha value is -2.59. The van der Waals surface area contributed by atoms with Gasteiger partial charge in [0.25, 0.3) is 0 Å². The van der Waals surface area contributed by atoms with Gasteiger partial charge in [-0.1, -0.05) is 6.07 Å². The van der Waals surface area contributed by atoms with Crippen LogP contribution in [-0.4, -0.2) is 4.98 Å². The third-order valence-electron chi connectivity index (χ3n) is 1.98. The second-order valence-corrected chi connectivity index (χ2v) is 2.82. The van der Waals surface area contributed by atoms with Crippen molar-refractivity contribution in [3.05, 3.63) is 41.9 Å². The van der Waals surface area contributed by atoms with E-state index in [4.69, 9.17) is 14.9 Å². The van der Waals surface area contributed by atoms with E-state index in [9.17, 15) is 0 Å². The van der Waals surface area contributed by atoms with E-state index in [0.29, 0.717) is 22.5 Å². The summed E-state index contributed by atoms with van der Waals surface area (Å²) < 4.78 is 5.09. The molecule has 4 nitrogen and oxygen atoms in total. The van der Waals surface area contributed by atoms with E-state index in [0.717, 1.165) is 0 Å². The first-order valence-corrected chi connectivity index (χ1v) is 4.19. The monoisotopic (exact) mass is 195 g/mol. The lowest BCUT2D eigenvalue weighted by molar-refractivity contribution is 0.571. The molecule has 15 heavy (non-hydrogen) atoms. The van der Waals surface area contributed by atoms with Gasteiger partial charge in [0.2, 0.25) is 0 Å². The molecular weight excluding hydrogens is 190 g/mol. The molecule has 0 atom stereocenters. The predicted octanol–water partition coefficient (Wildman–Crippen LogP) is 2.08. The van der Waals surface area contributed by atoms with Gasteiger partial charge in [0.05, 0.1) is 35.0 Å². The number of benzene rings is 1. The molecule has 2 aromatic rings. The summed E-state index contributed by atoms with van der Waals surface area (Å²) in [5, 5.41) is 17.8. The lowest BCUT2D eigenvalue weighted by atomic mass is 10.0. The second kappa shape index (κ2) is 3.65. The van der Waals surface area contributed by atoms with E-state index < -0.39 is 0 Å². The fourth-order valence-corrected chi connectivity index (χ4v) is 1.34. The minimum atomic E-state index is 0.408. The highest BCUT2D eigenvalue weighted by atomic mass is 16.3. The van der Waals surface area contributed by atoms with Crippen molar-refractivity contribution in [3.63, 3.8) is 0 Å². The molecule has 4 heteroatoms. The first-order chi connectivity index (χ1) is 7.36. The van der Waals surface area contributed by atoms with Crippen molar-refractivity contribution in [2.24, 2.45) is 0 Å². The molecule has 0 amide bonds. The van der Waals surface area contributed by atoms with Crippen LogP contribution in [0, 0.1) is 22.7 Å². The van der Waals surface area contributed by atoms with Crippen LogP contribution < -0.4 is 0 Å². The Bertz CT molecular complexity index is 526. The number of aromatic nitrogens is 1. The van der Waals surface area contributed by atoms with Crippen molar-refractivity contribution in [1.82, 2.24) is 4.98 Å². The molecule has 0 N–H and O–H groups in total. The summed E-state index contributed by atoms with van der Waals surface area (Å²) in [6.45, 7) is 0. The molecule has 0 aliphatic heterocycles. The molecule has 0 spiro atoms. The van der Waals surface area contributed by atoms with E-state index in [1.165, 1.54) is 12.6 Å². The fraction of sp³-hybridized carbons (Fsp3) is 0. The van der Waals surface area contributed by atoms with Crippen LogP contribution in [-0.2, 0) is 0 Å². The molecule has 2 rings (SSSR count). The zero-order valence-electron chi connectivity index (χ0n) is 7.64. The van der Waals surface area contributed by atoms with E-state index in [1.807, 2.05) is 12.1 Å². The molecule has 1 aromatic heterocycles. The van der Waals surface area contributed by atoms with Crippen molar-refractivity contribution in [1.29, 1.82) is 10.5 Å². The van der Waals surface area contributed by atoms with Gasteiger partial charge in [-0.25, -0.2) is 4.98 Å². The molecule has 0 unspecified atom stereocenters. The first-order valence-electron chi connectivity index (χ1n) is 4.19. The molecule has 1 heterocycles. The SMILES string of the molecule is N#Cc1cccc(C#N)c1-c1cnco1. The highest BCUT2D eigenvalue weighted by molar-refractivity contribution is 5.72. The zero-order chi connectivity index (χ0) is 10.7. The Balaban J connectivity index is 2.75. The third kappa shape index (κ3) is 1.45. The van der Waals surface area contributed by atoms with Crippen LogP contribution in [0.1, 0.15) is 11.1 Å². The zero-order valence-corrected chi connectivity index (χ0v) is 7.64. The highest BCUT2D eigenvalue weighted by Crippen LogP contribution is 2.26. The van der Waals surface area contributed by atoms with Gasteiger partial charge in [-0.2, -0.15) is 10.5 Å². The molecule has 0 saturated heterocycles. The Kier molecular flexibility index (Phi) is 2.19. The minimum Gasteiger partial charge on any atom is -0.443 e. The van der Waals surface area contributed by atoms with Gasteiger partial charge in [0.1, 0.15) is 0 Å². The van der Waals surface area contributed by atoms with Gasteiger partial charge < -0.3 is 4.42 Å². The Morgan fingerprint density at radius 1 is 1.13 bits per heavy atom. The third-order valence-corrected chi connectivity index (χ3v) is 1.98. The molecule has 0 fully saturated rings. The maximum absolute atomic E-state index is 8.92. The average molecular weight is 195 g/mol. The summed E-state index contributed by atoms with van der Waals surface area (Å²) in [5.74, 6) is 0.434. The summed E-state index contributed by atoms with van der Waals surface area (Å²) in [7, 11) is 0. The number of nitrogens with zero attached hydrogens (tertiary/aromatic N) is 3. The van der Waals surface area contributed by atoms with Gasteiger partial charge in [-0.3, -0.25) is 0 Å². The van der Waals surface area contributed by atoms with Gasteiger partial charge in [-0.15, -0.1) is 0 Å². The van der Waals surface area contributed by atoms with Gasteiger partial charge in [-0.05, 0) is 12.1 Å². The van der Waals surface area contributed by atoms with E-state index >= 15 is 0 Å². The maximum Gasteiger partial charge on any atom is 0.181 e. The number of hydrogen-bond donors (Lipinski definition) is 0. The highest BCUT2D eigenvalue weighted by Gasteiger charge is 2.12. The normalized spacial score (nSPS) is 9.20. The van der Waals surface area contributed by atoms with Crippen LogP contribution in [0.5, 0.6) is 0 Å². The standard InChI is InChI=1S/C11H5N3O/c12-4-8-2-1-3-9(5-13)11(8)10-6-14-7-15-10/h1-3,6-7H. The largest absolute Gasteiger partial charge is 0.443 e. The lowest BCUT2D eigenvalue weighted by Gasteiger charge is -2.01. The molecule has 0 aliphatic rings. The molecule has 0 bridgehead atoms. The second-order valence-electron chi connectivity index (χ2n) is 2.82. The predicted molar refractivity (Wildman–Crippen MR) is 51.4 cm³/mol.